The van der Waals surface area contributed by atoms with E-state index in [4.69, 9.17) is 9.15 Å². The predicted octanol–water partition coefficient (Wildman–Crippen LogP) is 2.01. The smallest absolute Gasteiger partial charge is 0.287 e. The Morgan fingerprint density at radius 1 is 1.32 bits per heavy atom. The summed E-state index contributed by atoms with van der Waals surface area (Å²) in [7, 11) is 0. The van der Waals surface area contributed by atoms with Crippen molar-refractivity contribution < 1.29 is 13.9 Å². The summed E-state index contributed by atoms with van der Waals surface area (Å²) in [5.74, 6) is 0.152. The molecule has 2 fully saturated rings. The van der Waals surface area contributed by atoms with E-state index in [1.54, 1.807) is 12.1 Å². The highest BCUT2D eigenvalue weighted by Crippen LogP contribution is 2.38. The third-order valence-corrected chi connectivity index (χ3v) is 4.69. The number of ether oxygens (including phenoxy) is 1. The van der Waals surface area contributed by atoms with Gasteiger partial charge in [0.15, 0.2) is 11.2 Å². The number of benzene rings is 1. The molecule has 2 aliphatic rings. The van der Waals surface area contributed by atoms with E-state index in [1.807, 2.05) is 13.0 Å². The van der Waals surface area contributed by atoms with Crippen LogP contribution in [0.25, 0.3) is 11.0 Å². The summed E-state index contributed by atoms with van der Waals surface area (Å²) < 4.78 is 11.2. The number of carbonyl (C=O) groups is 1. The van der Waals surface area contributed by atoms with Crippen molar-refractivity contribution in [3.05, 3.63) is 45.8 Å². The zero-order chi connectivity index (χ0) is 15.3. The quantitative estimate of drug-likeness (QED) is 0.921. The second-order valence-electron chi connectivity index (χ2n) is 6.15. The fraction of sp³-hybridized carbons (Fsp3) is 0.412. The number of nitrogens with one attached hydrogen (secondary N) is 1. The third kappa shape index (κ3) is 2.13. The van der Waals surface area contributed by atoms with Gasteiger partial charge in [0.2, 0.25) is 0 Å². The number of hydrogen-bond donors (Lipinski definition) is 1. The van der Waals surface area contributed by atoms with Crippen LogP contribution in [0.2, 0.25) is 0 Å². The summed E-state index contributed by atoms with van der Waals surface area (Å²) in [4.78, 5) is 24.4. The molecule has 22 heavy (non-hydrogen) atoms. The average molecular weight is 299 g/mol. The molecule has 2 aromatic rings. The molecule has 1 saturated heterocycles. The van der Waals surface area contributed by atoms with Crippen molar-refractivity contribution in [1.29, 1.82) is 0 Å². The minimum atomic E-state index is -0.323. The van der Waals surface area contributed by atoms with Gasteiger partial charge in [-0.1, -0.05) is 6.07 Å². The Balaban J connectivity index is 1.60. The van der Waals surface area contributed by atoms with Crippen molar-refractivity contribution in [2.75, 3.05) is 6.61 Å². The summed E-state index contributed by atoms with van der Waals surface area (Å²) in [6, 6.07) is 6.75. The van der Waals surface area contributed by atoms with E-state index in [1.165, 1.54) is 6.07 Å². The zero-order valence-corrected chi connectivity index (χ0v) is 12.3. The van der Waals surface area contributed by atoms with E-state index in [0.29, 0.717) is 16.9 Å². The van der Waals surface area contributed by atoms with Gasteiger partial charge in [0, 0.05) is 24.6 Å². The number of rotatable bonds is 2. The first-order valence-corrected chi connectivity index (χ1v) is 7.59. The van der Waals surface area contributed by atoms with Crippen LogP contribution in [-0.2, 0) is 4.74 Å². The first-order chi connectivity index (χ1) is 10.6. The summed E-state index contributed by atoms with van der Waals surface area (Å²) in [6.45, 7) is 2.69. The van der Waals surface area contributed by atoms with Gasteiger partial charge < -0.3 is 14.5 Å². The minimum absolute atomic E-state index is 0.0745. The molecule has 1 amide bonds. The Hall–Kier alpha value is -2.14. The largest absolute Gasteiger partial charge is 0.451 e. The van der Waals surface area contributed by atoms with E-state index < -0.39 is 0 Å². The van der Waals surface area contributed by atoms with Gasteiger partial charge in [-0.2, -0.15) is 0 Å². The van der Waals surface area contributed by atoms with Gasteiger partial charge in [-0.25, -0.2) is 0 Å². The highest BCUT2D eigenvalue weighted by molar-refractivity contribution is 5.93. The van der Waals surface area contributed by atoms with E-state index in [2.05, 4.69) is 5.32 Å². The van der Waals surface area contributed by atoms with Crippen molar-refractivity contribution in [2.45, 2.75) is 31.9 Å². The number of fused-ring (bicyclic) bond motifs is 2. The molecule has 5 nitrogen and oxygen atoms in total. The second kappa shape index (κ2) is 4.95. The minimum Gasteiger partial charge on any atom is -0.451 e. The van der Waals surface area contributed by atoms with Crippen LogP contribution in [0.1, 0.15) is 29.0 Å². The van der Waals surface area contributed by atoms with Crippen molar-refractivity contribution in [2.24, 2.45) is 5.92 Å². The second-order valence-corrected chi connectivity index (χ2v) is 6.15. The molecule has 5 heteroatoms. The molecule has 1 aliphatic carbocycles. The molecule has 1 aromatic heterocycles. The van der Waals surface area contributed by atoms with Gasteiger partial charge in [0.05, 0.1) is 11.5 Å². The fourth-order valence-corrected chi connectivity index (χ4v) is 3.38. The first-order valence-electron chi connectivity index (χ1n) is 7.59. The standard InChI is InChI=1S/C17H17NO4/c1-9-2-3-11-13(19)8-16(22-15(11)6-9)17(20)18-12-7-14-10(12)4-5-21-14/h2-3,6,8,10,12,14H,4-5,7H2,1H3,(H,18,20)/t10-,12+,14+/m0/s1. The number of amides is 1. The predicted molar refractivity (Wildman–Crippen MR) is 80.9 cm³/mol. The Kier molecular flexibility index (Phi) is 3.04. The van der Waals surface area contributed by atoms with Gasteiger partial charge in [-0.15, -0.1) is 0 Å². The van der Waals surface area contributed by atoms with Gasteiger partial charge >= 0.3 is 0 Å². The van der Waals surface area contributed by atoms with Crippen LogP contribution < -0.4 is 10.7 Å². The lowest BCUT2D eigenvalue weighted by Crippen LogP contribution is -2.53. The maximum atomic E-state index is 12.3. The van der Waals surface area contributed by atoms with Crippen molar-refractivity contribution >= 4 is 16.9 Å². The average Bonchev–Trinajstić information content (AvgIpc) is 2.85. The molecule has 1 aromatic carbocycles. The highest BCUT2D eigenvalue weighted by Gasteiger charge is 2.45. The van der Waals surface area contributed by atoms with E-state index in [9.17, 15) is 9.59 Å². The van der Waals surface area contributed by atoms with Gasteiger partial charge in [0.1, 0.15) is 5.58 Å². The Bertz CT molecular complexity index is 810. The fourth-order valence-electron chi connectivity index (χ4n) is 3.38. The van der Waals surface area contributed by atoms with Crippen molar-refractivity contribution in [3.63, 3.8) is 0 Å². The maximum Gasteiger partial charge on any atom is 0.287 e. The van der Waals surface area contributed by atoms with E-state index >= 15 is 0 Å². The van der Waals surface area contributed by atoms with Crippen LogP contribution in [0.4, 0.5) is 0 Å². The number of aryl methyl sites for hydroxylation is 1. The van der Waals surface area contributed by atoms with Crippen LogP contribution in [0, 0.1) is 12.8 Å². The molecule has 1 N–H and O–H groups in total. The highest BCUT2D eigenvalue weighted by atomic mass is 16.5. The normalized spacial score (nSPS) is 26.5. The molecule has 0 radical (unpaired) electrons. The lowest BCUT2D eigenvalue weighted by Gasteiger charge is -2.39. The van der Waals surface area contributed by atoms with Gasteiger partial charge in [0.25, 0.3) is 5.91 Å². The molecule has 4 rings (SSSR count). The summed E-state index contributed by atoms with van der Waals surface area (Å²) in [5.41, 5.74) is 1.24. The summed E-state index contributed by atoms with van der Waals surface area (Å²) in [6.07, 6.45) is 2.11. The lowest BCUT2D eigenvalue weighted by atomic mass is 9.76. The van der Waals surface area contributed by atoms with E-state index in [-0.39, 0.29) is 29.2 Å². The molecule has 0 spiro atoms. The Morgan fingerprint density at radius 3 is 3.00 bits per heavy atom. The summed E-state index contributed by atoms with van der Waals surface area (Å²) in [5, 5.41) is 3.45. The van der Waals surface area contributed by atoms with Crippen LogP contribution in [0.5, 0.6) is 0 Å². The molecule has 0 bridgehead atoms. The van der Waals surface area contributed by atoms with Crippen LogP contribution in [-0.4, -0.2) is 24.7 Å². The first kappa shape index (κ1) is 13.5. The topological polar surface area (TPSA) is 68.5 Å². The molecule has 0 unspecified atom stereocenters. The SMILES string of the molecule is Cc1ccc2c(=O)cc(C(=O)N[C@@H]3C[C@H]4OCC[C@@H]34)oc2c1. The Labute approximate surface area is 127 Å². The molecular weight excluding hydrogens is 282 g/mol. The number of hydrogen-bond acceptors (Lipinski definition) is 4. The Morgan fingerprint density at radius 2 is 2.18 bits per heavy atom. The molecule has 114 valence electrons. The van der Waals surface area contributed by atoms with Crippen LogP contribution in [0.3, 0.4) is 0 Å². The maximum absolute atomic E-state index is 12.3. The third-order valence-electron chi connectivity index (χ3n) is 4.69. The number of carbonyl (C=O) groups excluding carboxylic acids is 1. The molecule has 3 atom stereocenters. The van der Waals surface area contributed by atoms with Crippen LogP contribution >= 0.6 is 0 Å². The molecule has 1 saturated carbocycles. The molecule has 2 heterocycles. The van der Waals surface area contributed by atoms with Gasteiger partial charge in [-0.3, -0.25) is 9.59 Å². The van der Waals surface area contributed by atoms with Crippen LogP contribution in [0.15, 0.2) is 33.5 Å². The summed E-state index contributed by atoms with van der Waals surface area (Å²) >= 11 is 0. The molecular formula is C17H17NO4. The van der Waals surface area contributed by atoms with E-state index in [0.717, 1.165) is 25.0 Å². The lowest BCUT2D eigenvalue weighted by molar-refractivity contribution is 0.00773. The van der Waals surface area contributed by atoms with Crippen molar-refractivity contribution in [1.82, 2.24) is 5.32 Å². The van der Waals surface area contributed by atoms with Gasteiger partial charge in [-0.05, 0) is 37.5 Å². The van der Waals surface area contributed by atoms with Crippen molar-refractivity contribution in [3.8, 4) is 0 Å². The monoisotopic (exact) mass is 299 g/mol. The zero-order valence-electron chi connectivity index (χ0n) is 12.3. The molecule has 1 aliphatic heterocycles.